The molecule has 194 valence electrons. The van der Waals surface area contributed by atoms with Crippen molar-refractivity contribution in [3.63, 3.8) is 0 Å². The van der Waals surface area contributed by atoms with E-state index in [4.69, 9.17) is 23.7 Å². The SMILES string of the molecule is CC1(C)OC[C@@H]([C@@H]2[C@@H](COCc3ccccc3)[C@@H](O)CC[C@@]2(C)COCOCC[Si](C)(C)C)O1. The van der Waals surface area contributed by atoms with Gasteiger partial charge in [-0.15, -0.1) is 0 Å². The average Bonchev–Trinajstić information content (AvgIpc) is 3.12. The van der Waals surface area contributed by atoms with E-state index >= 15 is 0 Å². The van der Waals surface area contributed by atoms with Crippen molar-refractivity contribution in [2.24, 2.45) is 17.3 Å². The van der Waals surface area contributed by atoms with Crippen LogP contribution in [0.3, 0.4) is 0 Å². The molecule has 0 unspecified atom stereocenters. The van der Waals surface area contributed by atoms with Crippen molar-refractivity contribution in [2.45, 2.75) is 83.9 Å². The minimum atomic E-state index is -1.11. The van der Waals surface area contributed by atoms with Crippen LogP contribution in [0.5, 0.6) is 0 Å². The summed E-state index contributed by atoms with van der Waals surface area (Å²) in [5.74, 6) is -0.623. The lowest BCUT2D eigenvalue weighted by Crippen LogP contribution is -2.53. The molecule has 1 heterocycles. The molecular formula is C27H46O6Si. The van der Waals surface area contributed by atoms with Crippen LogP contribution in [-0.4, -0.2) is 64.4 Å². The molecule has 1 aromatic carbocycles. The Kier molecular flexibility index (Phi) is 9.77. The van der Waals surface area contributed by atoms with Gasteiger partial charge in [-0.25, -0.2) is 0 Å². The number of aliphatic hydroxyl groups excluding tert-OH is 1. The summed E-state index contributed by atoms with van der Waals surface area (Å²) in [6.07, 6.45) is 1.04. The van der Waals surface area contributed by atoms with Crippen molar-refractivity contribution in [3.05, 3.63) is 35.9 Å². The predicted molar refractivity (Wildman–Crippen MR) is 136 cm³/mol. The second-order valence-electron chi connectivity index (χ2n) is 12.0. The van der Waals surface area contributed by atoms with Gasteiger partial charge in [0, 0.05) is 26.5 Å². The highest BCUT2D eigenvalue weighted by molar-refractivity contribution is 6.76. The molecule has 3 rings (SSSR count). The predicted octanol–water partition coefficient (Wildman–Crippen LogP) is 5.08. The molecule has 0 bridgehead atoms. The fourth-order valence-corrected chi connectivity index (χ4v) is 6.03. The fourth-order valence-electron chi connectivity index (χ4n) is 5.27. The van der Waals surface area contributed by atoms with E-state index in [2.05, 4.69) is 38.7 Å². The number of hydrogen-bond donors (Lipinski definition) is 1. The third-order valence-electron chi connectivity index (χ3n) is 7.22. The highest BCUT2D eigenvalue weighted by atomic mass is 28.3. The molecular weight excluding hydrogens is 448 g/mol. The van der Waals surface area contributed by atoms with E-state index in [1.165, 1.54) is 0 Å². The molecule has 0 aromatic heterocycles. The number of aliphatic hydroxyl groups is 1. The van der Waals surface area contributed by atoms with Gasteiger partial charge in [-0.2, -0.15) is 0 Å². The van der Waals surface area contributed by atoms with E-state index in [0.717, 1.165) is 31.1 Å². The van der Waals surface area contributed by atoms with Gasteiger partial charge in [0.1, 0.15) is 6.79 Å². The molecule has 1 saturated heterocycles. The Morgan fingerprint density at radius 1 is 1.06 bits per heavy atom. The first-order valence-corrected chi connectivity index (χ1v) is 16.5. The maximum atomic E-state index is 11.0. The first kappa shape index (κ1) is 27.8. The van der Waals surface area contributed by atoms with E-state index in [1.54, 1.807) is 0 Å². The van der Waals surface area contributed by atoms with Crippen LogP contribution < -0.4 is 0 Å². The maximum Gasteiger partial charge on any atom is 0.163 e. The molecule has 5 atom stereocenters. The van der Waals surface area contributed by atoms with E-state index in [9.17, 15) is 5.11 Å². The largest absolute Gasteiger partial charge is 0.393 e. The lowest BCUT2D eigenvalue weighted by molar-refractivity contribution is -0.187. The maximum absolute atomic E-state index is 11.0. The molecule has 1 saturated carbocycles. The number of ether oxygens (including phenoxy) is 5. The highest BCUT2D eigenvalue weighted by Gasteiger charge is 2.53. The minimum Gasteiger partial charge on any atom is -0.393 e. The zero-order chi connectivity index (χ0) is 24.8. The summed E-state index contributed by atoms with van der Waals surface area (Å²) in [6, 6.07) is 11.3. The first-order valence-electron chi connectivity index (χ1n) is 12.8. The number of rotatable bonds is 12. The van der Waals surface area contributed by atoms with Gasteiger partial charge in [0.25, 0.3) is 0 Å². The third kappa shape index (κ3) is 8.12. The van der Waals surface area contributed by atoms with Crippen LogP contribution in [0.1, 0.15) is 39.2 Å². The fraction of sp³-hybridized carbons (Fsp3) is 0.778. The molecule has 1 aliphatic carbocycles. The van der Waals surface area contributed by atoms with Crippen molar-refractivity contribution in [2.75, 3.05) is 33.2 Å². The minimum absolute atomic E-state index is 0.0516. The first-order chi connectivity index (χ1) is 16.0. The Balaban J connectivity index is 1.64. The van der Waals surface area contributed by atoms with Crippen LogP contribution in [-0.2, 0) is 30.3 Å². The second-order valence-corrected chi connectivity index (χ2v) is 17.6. The molecule has 0 radical (unpaired) electrons. The van der Waals surface area contributed by atoms with E-state index in [0.29, 0.717) is 33.2 Å². The van der Waals surface area contributed by atoms with E-state index < -0.39 is 20.0 Å². The van der Waals surface area contributed by atoms with Gasteiger partial charge >= 0.3 is 0 Å². The number of hydrogen-bond acceptors (Lipinski definition) is 6. The van der Waals surface area contributed by atoms with Crippen LogP contribution >= 0.6 is 0 Å². The van der Waals surface area contributed by atoms with Crippen LogP contribution in [0.25, 0.3) is 0 Å². The van der Waals surface area contributed by atoms with Crippen molar-refractivity contribution in [1.82, 2.24) is 0 Å². The summed E-state index contributed by atoms with van der Waals surface area (Å²) in [6.45, 7) is 16.3. The van der Waals surface area contributed by atoms with Gasteiger partial charge in [0.2, 0.25) is 0 Å². The summed E-state index contributed by atoms with van der Waals surface area (Å²) in [4.78, 5) is 0. The zero-order valence-corrected chi connectivity index (χ0v) is 23.0. The van der Waals surface area contributed by atoms with Crippen LogP contribution in [0.4, 0.5) is 0 Å². The summed E-state index contributed by atoms with van der Waals surface area (Å²) < 4.78 is 30.3. The third-order valence-corrected chi connectivity index (χ3v) is 8.92. The van der Waals surface area contributed by atoms with E-state index in [1.807, 2.05) is 32.0 Å². The van der Waals surface area contributed by atoms with Gasteiger partial charge in [-0.05, 0) is 43.7 Å². The Hall–Kier alpha value is -0.803. The lowest BCUT2D eigenvalue weighted by atomic mass is 9.60. The summed E-state index contributed by atoms with van der Waals surface area (Å²) in [5.41, 5.74) is 0.962. The lowest BCUT2D eigenvalue weighted by Gasteiger charge is -2.50. The molecule has 2 aliphatic rings. The van der Waals surface area contributed by atoms with Crippen LogP contribution in [0, 0.1) is 17.3 Å². The molecule has 1 N–H and O–H groups in total. The molecule has 2 fully saturated rings. The summed E-state index contributed by atoms with van der Waals surface area (Å²) in [7, 11) is -1.11. The Bertz CT molecular complexity index is 736. The summed E-state index contributed by atoms with van der Waals surface area (Å²) >= 11 is 0. The monoisotopic (exact) mass is 494 g/mol. The standard InChI is InChI=1S/C27H46O6Si/c1-26(2)32-18-24(33-26)25-22(17-30-16-21-10-8-7-9-11-21)23(28)12-13-27(25,3)19-31-20-29-14-15-34(4,5)6/h7-11,22-25,28H,12-20H2,1-6H3/t22-,23-,24-,25-,27-/m0/s1. The van der Waals surface area contributed by atoms with Gasteiger partial charge in [-0.1, -0.05) is 56.9 Å². The van der Waals surface area contributed by atoms with Crippen LogP contribution in [0.15, 0.2) is 30.3 Å². The van der Waals surface area contributed by atoms with Crippen molar-refractivity contribution in [3.8, 4) is 0 Å². The second kappa shape index (κ2) is 12.0. The Morgan fingerprint density at radius 2 is 1.79 bits per heavy atom. The van der Waals surface area contributed by atoms with Crippen molar-refractivity contribution < 1.29 is 28.8 Å². The smallest absolute Gasteiger partial charge is 0.163 e. The molecule has 1 aromatic rings. The summed E-state index contributed by atoms with van der Waals surface area (Å²) in [5, 5.41) is 11.0. The number of benzene rings is 1. The average molecular weight is 495 g/mol. The van der Waals surface area contributed by atoms with Gasteiger partial charge in [0.15, 0.2) is 5.79 Å². The molecule has 6 nitrogen and oxygen atoms in total. The van der Waals surface area contributed by atoms with Crippen LogP contribution in [0.2, 0.25) is 25.7 Å². The molecule has 0 spiro atoms. The van der Waals surface area contributed by atoms with Gasteiger partial charge in [0.05, 0.1) is 38.6 Å². The molecule has 7 heteroatoms. The quantitative estimate of drug-likeness (QED) is 0.248. The Labute approximate surface area is 207 Å². The van der Waals surface area contributed by atoms with Gasteiger partial charge < -0.3 is 28.8 Å². The van der Waals surface area contributed by atoms with Crippen molar-refractivity contribution in [1.29, 1.82) is 0 Å². The Morgan fingerprint density at radius 3 is 2.44 bits per heavy atom. The molecule has 0 amide bonds. The topological polar surface area (TPSA) is 66.4 Å². The molecule has 1 aliphatic heterocycles. The highest BCUT2D eigenvalue weighted by Crippen LogP contribution is 2.49. The van der Waals surface area contributed by atoms with Gasteiger partial charge in [-0.3, -0.25) is 0 Å². The molecule has 34 heavy (non-hydrogen) atoms. The van der Waals surface area contributed by atoms with Crippen molar-refractivity contribution >= 4 is 8.07 Å². The normalized spacial score (nSPS) is 31.6. The van der Waals surface area contributed by atoms with E-state index in [-0.39, 0.29) is 23.4 Å². The zero-order valence-electron chi connectivity index (χ0n) is 22.0.